The second-order valence-corrected chi connectivity index (χ2v) is 9.21. The Balaban J connectivity index is 1.45. The maximum absolute atomic E-state index is 14.8. The third kappa shape index (κ3) is 3.91. The Bertz CT molecular complexity index is 1510. The summed E-state index contributed by atoms with van der Waals surface area (Å²) in [5, 5.41) is 4.45. The Labute approximate surface area is 198 Å². The summed E-state index contributed by atoms with van der Waals surface area (Å²) in [4.78, 5) is 21.7. The Hall–Kier alpha value is -3.53. The predicted octanol–water partition coefficient (Wildman–Crippen LogP) is 4.65. The minimum Gasteiger partial charge on any atom is -0.373 e. The first-order valence-corrected chi connectivity index (χ1v) is 11.6. The Morgan fingerprint density at radius 1 is 1.09 bits per heavy atom. The van der Waals surface area contributed by atoms with Crippen molar-refractivity contribution in [2.24, 2.45) is 0 Å². The maximum Gasteiger partial charge on any atom is 0.294 e. The predicted molar refractivity (Wildman–Crippen MR) is 120 cm³/mol. The number of rotatable bonds is 4. The van der Waals surface area contributed by atoms with Gasteiger partial charge in [-0.25, -0.2) is 18.7 Å². The summed E-state index contributed by atoms with van der Waals surface area (Å²) in [6.07, 6.45) is 8.50. The van der Waals surface area contributed by atoms with Gasteiger partial charge in [0.05, 0.1) is 29.7 Å². The summed E-state index contributed by atoms with van der Waals surface area (Å²) in [5.41, 5.74) is 0.501. The molecule has 1 aliphatic carbocycles. The Morgan fingerprint density at radius 3 is 2.69 bits per heavy atom. The molecule has 0 spiro atoms. The van der Waals surface area contributed by atoms with Crippen molar-refractivity contribution in [1.29, 1.82) is 0 Å². The summed E-state index contributed by atoms with van der Waals surface area (Å²) >= 11 is 0. The number of aromatic nitrogens is 5. The molecule has 0 amide bonds. The van der Waals surface area contributed by atoms with Crippen LogP contribution in [-0.4, -0.2) is 30.8 Å². The summed E-state index contributed by atoms with van der Waals surface area (Å²) in [6, 6.07) is 3.56. The summed E-state index contributed by atoms with van der Waals surface area (Å²) in [7, 11) is 0. The van der Waals surface area contributed by atoms with Crippen molar-refractivity contribution in [3.05, 3.63) is 81.5 Å². The van der Waals surface area contributed by atoms with Crippen LogP contribution in [0.1, 0.15) is 60.7 Å². The van der Waals surface area contributed by atoms with Crippen LogP contribution in [0.4, 0.5) is 13.2 Å². The van der Waals surface area contributed by atoms with Crippen molar-refractivity contribution < 1.29 is 17.9 Å². The van der Waals surface area contributed by atoms with Gasteiger partial charge in [-0.15, -0.1) is 0 Å². The van der Waals surface area contributed by atoms with Crippen molar-refractivity contribution in [1.82, 2.24) is 24.1 Å². The highest BCUT2D eigenvalue weighted by atomic mass is 19.1. The van der Waals surface area contributed by atoms with Crippen LogP contribution in [-0.2, 0) is 4.74 Å². The average Bonchev–Trinajstić information content (AvgIpc) is 3.59. The number of nitrogens with zero attached hydrogens (tertiary/aromatic N) is 5. The SMILES string of the molecule is Cc1nc2c(-c3ccc(F)cc3F)nc([C@@H]3CCO[C@@H](c4cnn(C5CC5)c4)C3)cn2c(=O)c1F. The third-order valence-electron chi connectivity index (χ3n) is 6.74. The number of halogens is 3. The molecule has 4 aromatic rings. The van der Waals surface area contributed by atoms with Crippen molar-refractivity contribution >= 4 is 5.65 Å². The van der Waals surface area contributed by atoms with Crippen molar-refractivity contribution in [3.8, 4) is 11.3 Å². The zero-order valence-electron chi connectivity index (χ0n) is 18.9. The molecule has 0 N–H and O–H groups in total. The lowest BCUT2D eigenvalue weighted by molar-refractivity contribution is 0.00454. The van der Waals surface area contributed by atoms with E-state index in [1.54, 1.807) is 0 Å². The third-order valence-corrected chi connectivity index (χ3v) is 6.74. The van der Waals surface area contributed by atoms with E-state index in [4.69, 9.17) is 4.74 Å². The number of aryl methyl sites for hydroxylation is 1. The smallest absolute Gasteiger partial charge is 0.294 e. The van der Waals surface area contributed by atoms with Crippen LogP contribution >= 0.6 is 0 Å². The molecule has 2 fully saturated rings. The molecule has 35 heavy (non-hydrogen) atoms. The molecular weight excluding hydrogens is 459 g/mol. The van der Waals surface area contributed by atoms with Gasteiger partial charge in [-0.3, -0.25) is 13.9 Å². The monoisotopic (exact) mass is 481 g/mol. The molecule has 1 saturated carbocycles. The van der Waals surface area contributed by atoms with E-state index in [0.717, 1.165) is 34.9 Å². The highest BCUT2D eigenvalue weighted by Crippen LogP contribution is 2.40. The van der Waals surface area contributed by atoms with E-state index < -0.39 is 23.0 Å². The highest BCUT2D eigenvalue weighted by molar-refractivity contribution is 5.74. The first-order chi connectivity index (χ1) is 16.9. The lowest BCUT2D eigenvalue weighted by Crippen LogP contribution is -2.24. The number of fused-ring (bicyclic) bond motifs is 1. The highest BCUT2D eigenvalue weighted by Gasteiger charge is 2.30. The van der Waals surface area contributed by atoms with Crippen LogP contribution in [0.15, 0.2) is 41.6 Å². The second kappa shape index (κ2) is 8.30. The Kier molecular flexibility index (Phi) is 5.21. The Morgan fingerprint density at radius 2 is 1.91 bits per heavy atom. The minimum atomic E-state index is -0.984. The molecule has 180 valence electrons. The largest absolute Gasteiger partial charge is 0.373 e. The minimum absolute atomic E-state index is 0.0116. The van der Waals surface area contributed by atoms with E-state index in [1.165, 1.54) is 19.2 Å². The topological polar surface area (TPSA) is 74.3 Å². The average molecular weight is 481 g/mol. The van der Waals surface area contributed by atoms with Crippen LogP contribution in [0.25, 0.3) is 16.9 Å². The number of hydrogen-bond donors (Lipinski definition) is 0. The van der Waals surface area contributed by atoms with E-state index in [0.29, 0.717) is 31.2 Å². The van der Waals surface area contributed by atoms with Crippen LogP contribution in [0.5, 0.6) is 0 Å². The van der Waals surface area contributed by atoms with E-state index in [2.05, 4.69) is 15.1 Å². The first kappa shape index (κ1) is 22.0. The fraction of sp³-hybridized carbons (Fsp3) is 0.360. The van der Waals surface area contributed by atoms with E-state index in [-0.39, 0.29) is 34.6 Å². The van der Waals surface area contributed by atoms with Crippen LogP contribution in [0, 0.1) is 24.4 Å². The van der Waals surface area contributed by atoms with Gasteiger partial charge < -0.3 is 4.74 Å². The fourth-order valence-electron chi connectivity index (χ4n) is 4.66. The van der Waals surface area contributed by atoms with Gasteiger partial charge in [0.2, 0.25) is 5.82 Å². The van der Waals surface area contributed by atoms with Gasteiger partial charge in [0.1, 0.15) is 17.3 Å². The molecule has 0 bridgehead atoms. The maximum atomic E-state index is 14.8. The summed E-state index contributed by atoms with van der Waals surface area (Å²) in [6.45, 7) is 1.82. The second-order valence-electron chi connectivity index (χ2n) is 9.21. The van der Waals surface area contributed by atoms with Gasteiger partial charge in [0, 0.05) is 42.1 Å². The number of ether oxygens (including phenoxy) is 1. The quantitative estimate of drug-likeness (QED) is 0.424. The molecule has 1 aromatic carbocycles. The number of hydrogen-bond acceptors (Lipinski definition) is 5. The molecular formula is C25H22F3N5O2. The van der Waals surface area contributed by atoms with Gasteiger partial charge in [-0.2, -0.15) is 9.49 Å². The van der Waals surface area contributed by atoms with E-state index >= 15 is 0 Å². The summed E-state index contributed by atoms with van der Waals surface area (Å²) < 4.78 is 51.9. The molecule has 2 aliphatic rings. The number of benzene rings is 1. The standard InChI is InChI=1S/C25H22F3N5O2/c1-13-22(28)25(34)32-12-20(31-23(24(32)30-13)18-5-2-16(26)9-19(18)27)14-6-7-35-21(8-14)15-10-29-33(11-15)17-3-4-17/h2,5,9-12,14,17,21H,3-4,6-8H2,1H3/t14-,21-/m1/s1. The van der Waals surface area contributed by atoms with Crippen molar-refractivity contribution in [2.75, 3.05) is 6.61 Å². The zero-order valence-corrected chi connectivity index (χ0v) is 18.9. The lowest BCUT2D eigenvalue weighted by atomic mass is 9.90. The zero-order chi connectivity index (χ0) is 24.3. The molecule has 6 rings (SSSR count). The van der Waals surface area contributed by atoms with Crippen molar-refractivity contribution in [3.63, 3.8) is 0 Å². The van der Waals surface area contributed by atoms with Gasteiger partial charge >= 0.3 is 0 Å². The van der Waals surface area contributed by atoms with E-state index in [1.807, 2.05) is 17.1 Å². The lowest BCUT2D eigenvalue weighted by Gasteiger charge is -2.29. The molecule has 10 heteroatoms. The van der Waals surface area contributed by atoms with Gasteiger partial charge in [0.25, 0.3) is 5.56 Å². The molecule has 2 atom stereocenters. The normalized spacial score (nSPS) is 20.5. The van der Waals surface area contributed by atoms with E-state index in [9.17, 15) is 18.0 Å². The van der Waals surface area contributed by atoms with Crippen LogP contribution < -0.4 is 5.56 Å². The van der Waals surface area contributed by atoms with Crippen LogP contribution in [0.3, 0.4) is 0 Å². The fourth-order valence-corrected chi connectivity index (χ4v) is 4.66. The first-order valence-electron chi connectivity index (χ1n) is 11.6. The van der Waals surface area contributed by atoms with Crippen molar-refractivity contribution in [2.45, 2.75) is 50.7 Å². The molecule has 1 saturated heterocycles. The summed E-state index contributed by atoms with van der Waals surface area (Å²) in [5.74, 6) is -2.70. The molecule has 0 radical (unpaired) electrons. The molecule has 7 nitrogen and oxygen atoms in total. The van der Waals surface area contributed by atoms with Gasteiger partial charge in [-0.05, 0) is 44.7 Å². The molecule has 1 aliphatic heterocycles. The molecule has 4 heterocycles. The molecule has 3 aromatic heterocycles. The van der Waals surface area contributed by atoms with Crippen LogP contribution in [0.2, 0.25) is 0 Å². The van der Waals surface area contributed by atoms with Gasteiger partial charge in [-0.1, -0.05) is 0 Å². The molecule has 0 unspecified atom stereocenters. The van der Waals surface area contributed by atoms with Gasteiger partial charge in [0.15, 0.2) is 5.65 Å².